The molecule has 10 heteroatoms. The molecule has 10 nitrogen and oxygen atoms in total. The third kappa shape index (κ3) is 6.89. The number of esters is 1. The summed E-state index contributed by atoms with van der Waals surface area (Å²) in [6.45, 7) is -0.257. The smallest absolute Gasteiger partial charge is 0.338 e. The van der Waals surface area contributed by atoms with Crippen molar-refractivity contribution in [3.8, 4) is 5.75 Å². The van der Waals surface area contributed by atoms with Gasteiger partial charge in [0, 0.05) is 17.7 Å². The van der Waals surface area contributed by atoms with E-state index in [1.54, 1.807) is 12.1 Å². The number of benzene rings is 3. The largest absolute Gasteiger partial charge is 0.489 e. The Kier molecular flexibility index (Phi) is 7.68. The van der Waals surface area contributed by atoms with E-state index >= 15 is 0 Å². The van der Waals surface area contributed by atoms with Crippen LogP contribution in [0.1, 0.15) is 26.3 Å². The van der Waals surface area contributed by atoms with Crippen molar-refractivity contribution in [1.29, 1.82) is 0 Å². The first-order chi connectivity index (χ1) is 15.9. The van der Waals surface area contributed by atoms with E-state index < -0.39 is 29.3 Å². The van der Waals surface area contributed by atoms with Crippen molar-refractivity contribution in [2.75, 3.05) is 6.61 Å². The summed E-state index contributed by atoms with van der Waals surface area (Å²) in [7, 11) is 0. The van der Waals surface area contributed by atoms with Crippen LogP contribution in [0.3, 0.4) is 0 Å². The molecule has 0 fully saturated rings. The monoisotopic (exact) mass is 449 g/mol. The van der Waals surface area contributed by atoms with Gasteiger partial charge in [-0.15, -0.1) is 0 Å². The fourth-order valence-corrected chi connectivity index (χ4v) is 2.64. The number of carbonyl (C=O) groups is 3. The van der Waals surface area contributed by atoms with Crippen LogP contribution in [-0.4, -0.2) is 29.3 Å². The molecule has 0 saturated carbocycles. The topological polar surface area (TPSA) is 137 Å². The van der Waals surface area contributed by atoms with E-state index in [1.807, 2.05) is 30.3 Å². The second-order valence-corrected chi connectivity index (χ2v) is 6.68. The zero-order valence-electron chi connectivity index (χ0n) is 17.2. The second-order valence-electron chi connectivity index (χ2n) is 6.68. The van der Waals surface area contributed by atoms with Crippen LogP contribution in [0, 0.1) is 10.1 Å². The quantitative estimate of drug-likeness (QED) is 0.306. The molecule has 0 aliphatic carbocycles. The molecule has 3 aromatic rings. The number of nitro groups is 1. The first-order valence-corrected chi connectivity index (χ1v) is 9.70. The molecule has 0 aromatic heterocycles. The molecule has 0 spiro atoms. The minimum Gasteiger partial charge on any atom is -0.489 e. The number of rotatable bonds is 8. The number of nitro benzene ring substituents is 1. The molecule has 0 aliphatic heterocycles. The molecular formula is C23H19N3O7. The number of hydrogen-bond donors (Lipinski definition) is 2. The summed E-state index contributed by atoms with van der Waals surface area (Å²) in [5.41, 5.74) is 5.11. The molecule has 3 aromatic carbocycles. The van der Waals surface area contributed by atoms with Crippen molar-refractivity contribution >= 4 is 23.5 Å². The number of amides is 2. The normalized spacial score (nSPS) is 10.1. The average Bonchev–Trinajstić information content (AvgIpc) is 2.85. The van der Waals surface area contributed by atoms with Crippen molar-refractivity contribution in [2.24, 2.45) is 0 Å². The van der Waals surface area contributed by atoms with E-state index in [1.165, 1.54) is 30.3 Å². The molecule has 3 rings (SSSR count). The van der Waals surface area contributed by atoms with E-state index in [0.29, 0.717) is 12.4 Å². The lowest BCUT2D eigenvalue weighted by Crippen LogP contribution is -2.43. The number of nitrogens with zero attached hydrogens (tertiary/aromatic N) is 1. The highest BCUT2D eigenvalue weighted by molar-refractivity contribution is 5.96. The fourth-order valence-electron chi connectivity index (χ4n) is 2.64. The zero-order valence-corrected chi connectivity index (χ0v) is 17.2. The Bertz CT molecular complexity index is 1150. The third-order valence-electron chi connectivity index (χ3n) is 4.31. The Labute approximate surface area is 188 Å². The Morgan fingerprint density at radius 2 is 1.58 bits per heavy atom. The van der Waals surface area contributed by atoms with Gasteiger partial charge in [-0.2, -0.15) is 0 Å². The van der Waals surface area contributed by atoms with Crippen LogP contribution < -0.4 is 15.6 Å². The highest BCUT2D eigenvalue weighted by atomic mass is 16.6. The molecule has 2 N–H and O–H groups in total. The van der Waals surface area contributed by atoms with Crippen LogP contribution in [0.25, 0.3) is 0 Å². The predicted octanol–water partition coefficient (Wildman–Crippen LogP) is 2.79. The number of nitrogens with one attached hydrogen (secondary N) is 2. The standard InChI is InChI=1S/C23H19N3O7/c27-21(24-25-22(28)18-7-4-8-19(13-18)26(30)31)15-33-23(29)17-9-11-20(12-10-17)32-14-16-5-2-1-3-6-16/h1-13H,14-15H2,(H,24,27)(H,25,28). The third-order valence-corrected chi connectivity index (χ3v) is 4.31. The Morgan fingerprint density at radius 3 is 2.27 bits per heavy atom. The van der Waals surface area contributed by atoms with Gasteiger partial charge in [-0.25, -0.2) is 4.79 Å². The number of carbonyl (C=O) groups excluding carboxylic acids is 3. The molecule has 0 heterocycles. The van der Waals surface area contributed by atoms with E-state index in [2.05, 4.69) is 10.9 Å². The Balaban J connectivity index is 1.42. The maximum Gasteiger partial charge on any atom is 0.338 e. The summed E-state index contributed by atoms with van der Waals surface area (Å²) in [6, 6.07) is 20.8. The van der Waals surface area contributed by atoms with E-state index in [9.17, 15) is 24.5 Å². The Hall–Kier alpha value is -4.73. The van der Waals surface area contributed by atoms with Crippen LogP contribution in [0.4, 0.5) is 5.69 Å². The summed E-state index contributed by atoms with van der Waals surface area (Å²) in [6.07, 6.45) is 0. The van der Waals surface area contributed by atoms with Crippen molar-refractivity contribution in [3.63, 3.8) is 0 Å². The van der Waals surface area contributed by atoms with Gasteiger partial charge in [0.1, 0.15) is 12.4 Å². The maximum absolute atomic E-state index is 12.1. The lowest BCUT2D eigenvalue weighted by Gasteiger charge is -2.09. The minimum absolute atomic E-state index is 0.0175. The molecule has 168 valence electrons. The number of hydrogen-bond acceptors (Lipinski definition) is 7. The van der Waals surface area contributed by atoms with Gasteiger partial charge in [-0.1, -0.05) is 36.4 Å². The molecule has 0 unspecified atom stereocenters. The Morgan fingerprint density at radius 1 is 0.848 bits per heavy atom. The molecule has 2 amide bonds. The summed E-state index contributed by atoms with van der Waals surface area (Å²) < 4.78 is 10.6. The summed E-state index contributed by atoms with van der Waals surface area (Å²) >= 11 is 0. The second kappa shape index (κ2) is 11.0. The molecule has 0 radical (unpaired) electrons. The highest BCUT2D eigenvalue weighted by Crippen LogP contribution is 2.15. The molecule has 0 bridgehead atoms. The molecular weight excluding hydrogens is 430 g/mol. The van der Waals surface area contributed by atoms with Gasteiger partial charge in [0.05, 0.1) is 10.5 Å². The van der Waals surface area contributed by atoms with Crippen LogP contribution in [0.2, 0.25) is 0 Å². The average molecular weight is 449 g/mol. The van der Waals surface area contributed by atoms with Gasteiger partial charge in [-0.3, -0.25) is 30.6 Å². The van der Waals surface area contributed by atoms with Crippen LogP contribution >= 0.6 is 0 Å². The molecule has 0 saturated heterocycles. The summed E-state index contributed by atoms with van der Waals surface area (Å²) in [5.74, 6) is -1.71. The van der Waals surface area contributed by atoms with Crippen LogP contribution in [0.5, 0.6) is 5.75 Å². The van der Waals surface area contributed by atoms with E-state index in [4.69, 9.17) is 9.47 Å². The first-order valence-electron chi connectivity index (χ1n) is 9.70. The SMILES string of the molecule is O=C(COC(=O)c1ccc(OCc2ccccc2)cc1)NNC(=O)c1cccc([N+](=O)[O-])c1. The lowest BCUT2D eigenvalue weighted by molar-refractivity contribution is -0.384. The molecule has 33 heavy (non-hydrogen) atoms. The van der Waals surface area contributed by atoms with Gasteiger partial charge < -0.3 is 9.47 Å². The van der Waals surface area contributed by atoms with Gasteiger partial charge >= 0.3 is 5.97 Å². The summed E-state index contributed by atoms with van der Waals surface area (Å²) in [4.78, 5) is 46.1. The van der Waals surface area contributed by atoms with Crippen molar-refractivity contribution in [2.45, 2.75) is 6.61 Å². The van der Waals surface area contributed by atoms with Crippen molar-refractivity contribution in [3.05, 3.63) is 106 Å². The summed E-state index contributed by atoms with van der Waals surface area (Å²) in [5, 5.41) is 10.8. The number of non-ortho nitro benzene ring substituents is 1. The van der Waals surface area contributed by atoms with Gasteiger partial charge in [0.2, 0.25) is 0 Å². The van der Waals surface area contributed by atoms with Crippen LogP contribution in [0.15, 0.2) is 78.9 Å². The van der Waals surface area contributed by atoms with Gasteiger partial charge in [-0.05, 0) is 35.9 Å². The predicted molar refractivity (Wildman–Crippen MR) is 116 cm³/mol. The zero-order chi connectivity index (χ0) is 23.6. The molecule has 0 aliphatic rings. The van der Waals surface area contributed by atoms with E-state index in [-0.39, 0.29) is 16.8 Å². The fraction of sp³-hybridized carbons (Fsp3) is 0.0870. The maximum atomic E-state index is 12.1. The van der Waals surface area contributed by atoms with Crippen LogP contribution in [-0.2, 0) is 16.1 Å². The highest BCUT2D eigenvalue weighted by Gasteiger charge is 2.14. The first kappa shape index (κ1) is 22.9. The van der Waals surface area contributed by atoms with Crippen molar-refractivity contribution in [1.82, 2.24) is 10.9 Å². The van der Waals surface area contributed by atoms with Gasteiger partial charge in [0.25, 0.3) is 17.5 Å². The lowest BCUT2D eigenvalue weighted by atomic mass is 10.2. The molecule has 0 atom stereocenters. The number of ether oxygens (including phenoxy) is 2. The van der Waals surface area contributed by atoms with Crippen molar-refractivity contribution < 1.29 is 28.8 Å². The number of hydrazine groups is 1. The minimum atomic E-state index is -0.787. The van der Waals surface area contributed by atoms with Gasteiger partial charge in [0.15, 0.2) is 6.61 Å². The van der Waals surface area contributed by atoms with E-state index in [0.717, 1.165) is 11.6 Å².